The highest BCUT2D eigenvalue weighted by Crippen LogP contribution is 2.20. The molecule has 0 heterocycles. The third kappa shape index (κ3) is 5.09. The average molecular weight is 311 g/mol. The van der Waals surface area contributed by atoms with E-state index in [4.69, 9.17) is 10.5 Å². The molecule has 2 N–H and O–H groups in total. The van der Waals surface area contributed by atoms with Gasteiger partial charge in [0.2, 0.25) is 0 Å². The van der Waals surface area contributed by atoms with Gasteiger partial charge in [-0.25, -0.2) is 8.42 Å². The van der Waals surface area contributed by atoms with Crippen molar-refractivity contribution >= 4 is 9.84 Å². The minimum atomic E-state index is -3.26. The molecule has 0 bridgehead atoms. The summed E-state index contributed by atoms with van der Waals surface area (Å²) < 4.78 is 30.2. The topological polar surface area (TPSA) is 69.4 Å². The van der Waals surface area contributed by atoms with Crippen molar-refractivity contribution in [2.75, 3.05) is 12.4 Å². The molecule has 21 heavy (non-hydrogen) atoms. The quantitative estimate of drug-likeness (QED) is 0.820. The lowest BCUT2D eigenvalue weighted by Gasteiger charge is -2.15. The van der Waals surface area contributed by atoms with Crippen LogP contribution in [0.15, 0.2) is 29.2 Å². The van der Waals surface area contributed by atoms with Crippen molar-refractivity contribution < 1.29 is 13.2 Å². The molecule has 1 fully saturated rings. The Balaban J connectivity index is 1.85. The molecule has 0 spiro atoms. The van der Waals surface area contributed by atoms with Crippen molar-refractivity contribution in [1.82, 2.24) is 0 Å². The van der Waals surface area contributed by atoms with Crippen LogP contribution in [-0.2, 0) is 21.1 Å². The summed E-state index contributed by atoms with van der Waals surface area (Å²) >= 11 is 0. The molecule has 2 rings (SSSR count). The zero-order valence-electron chi connectivity index (χ0n) is 12.5. The number of benzene rings is 1. The third-order valence-electron chi connectivity index (χ3n) is 4.03. The van der Waals surface area contributed by atoms with E-state index < -0.39 is 9.84 Å². The van der Waals surface area contributed by atoms with Crippen LogP contribution in [0, 0.1) is 0 Å². The molecule has 1 aliphatic rings. The van der Waals surface area contributed by atoms with Crippen molar-refractivity contribution in [3.8, 4) is 0 Å². The van der Waals surface area contributed by atoms with Crippen LogP contribution in [0.25, 0.3) is 0 Å². The Bertz CT molecular complexity index is 517. The van der Waals surface area contributed by atoms with Crippen LogP contribution < -0.4 is 5.73 Å². The molecular weight excluding hydrogens is 286 g/mol. The SMILES string of the molecule is NCc1ccc(S(=O)(=O)CCOC2CCCCCC2)cc1. The second-order valence-electron chi connectivity index (χ2n) is 5.65. The summed E-state index contributed by atoms with van der Waals surface area (Å²) in [7, 11) is -3.26. The van der Waals surface area contributed by atoms with Crippen LogP contribution in [0.1, 0.15) is 44.1 Å². The van der Waals surface area contributed by atoms with Gasteiger partial charge in [-0.05, 0) is 30.5 Å². The zero-order valence-corrected chi connectivity index (χ0v) is 13.3. The van der Waals surface area contributed by atoms with E-state index in [0.717, 1.165) is 18.4 Å². The molecule has 0 atom stereocenters. The van der Waals surface area contributed by atoms with Crippen LogP contribution in [0.3, 0.4) is 0 Å². The molecule has 4 nitrogen and oxygen atoms in total. The van der Waals surface area contributed by atoms with E-state index in [-0.39, 0.29) is 18.5 Å². The average Bonchev–Trinajstić information content (AvgIpc) is 2.76. The molecule has 1 aromatic rings. The summed E-state index contributed by atoms with van der Waals surface area (Å²) in [6, 6.07) is 6.78. The van der Waals surface area contributed by atoms with Gasteiger partial charge in [-0.2, -0.15) is 0 Å². The first-order valence-electron chi connectivity index (χ1n) is 7.75. The number of hydrogen-bond donors (Lipinski definition) is 1. The maximum absolute atomic E-state index is 12.2. The first-order valence-corrected chi connectivity index (χ1v) is 9.40. The lowest BCUT2D eigenvalue weighted by molar-refractivity contribution is 0.0536. The Labute approximate surface area is 127 Å². The fraction of sp³-hybridized carbons (Fsp3) is 0.625. The van der Waals surface area contributed by atoms with Gasteiger partial charge in [-0.1, -0.05) is 37.8 Å². The third-order valence-corrected chi connectivity index (χ3v) is 5.72. The van der Waals surface area contributed by atoms with Crippen LogP contribution in [0.2, 0.25) is 0 Å². The summed E-state index contributed by atoms with van der Waals surface area (Å²) in [6.45, 7) is 0.705. The lowest BCUT2D eigenvalue weighted by atomic mass is 10.1. The van der Waals surface area contributed by atoms with Crippen LogP contribution in [0.4, 0.5) is 0 Å². The van der Waals surface area contributed by atoms with E-state index in [1.165, 1.54) is 25.7 Å². The maximum Gasteiger partial charge on any atom is 0.180 e. The van der Waals surface area contributed by atoms with Crippen molar-refractivity contribution in [3.05, 3.63) is 29.8 Å². The van der Waals surface area contributed by atoms with Gasteiger partial charge in [0.25, 0.3) is 0 Å². The van der Waals surface area contributed by atoms with Gasteiger partial charge in [0, 0.05) is 6.54 Å². The molecule has 0 radical (unpaired) electrons. The first-order chi connectivity index (χ1) is 10.1. The van der Waals surface area contributed by atoms with E-state index in [1.54, 1.807) is 24.3 Å². The Hall–Kier alpha value is -0.910. The fourth-order valence-electron chi connectivity index (χ4n) is 2.68. The molecule has 1 aliphatic carbocycles. The Morgan fingerprint density at radius 1 is 1.05 bits per heavy atom. The first kappa shape index (κ1) is 16.5. The van der Waals surface area contributed by atoms with Crippen molar-refractivity contribution in [2.45, 2.75) is 56.1 Å². The zero-order chi connectivity index (χ0) is 15.1. The molecule has 0 saturated heterocycles. The number of ether oxygens (including phenoxy) is 1. The number of sulfone groups is 1. The minimum absolute atomic E-state index is 0.0471. The van der Waals surface area contributed by atoms with Gasteiger partial charge in [-0.15, -0.1) is 0 Å². The predicted octanol–water partition coefficient (Wildman–Crippen LogP) is 2.66. The lowest BCUT2D eigenvalue weighted by Crippen LogP contribution is -2.18. The molecule has 0 amide bonds. The van der Waals surface area contributed by atoms with Crippen LogP contribution in [-0.4, -0.2) is 26.9 Å². The second kappa shape index (κ2) is 7.92. The van der Waals surface area contributed by atoms with Gasteiger partial charge in [-0.3, -0.25) is 0 Å². The largest absolute Gasteiger partial charge is 0.377 e. The molecule has 0 unspecified atom stereocenters. The van der Waals surface area contributed by atoms with Gasteiger partial charge >= 0.3 is 0 Å². The second-order valence-corrected chi connectivity index (χ2v) is 7.76. The molecule has 1 aromatic carbocycles. The summed E-state index contributed by atoms with van der Waals surface area (Å²) in [4.78, 5) is 0.351. The van der Waals surface area contributed by atoms with E-state index in [0.29, 0.717) is 11.4 Å². The van der Waals surface area contributed by atoms with E-state index in [2.05, 4.69) is 0 Å². The van der Waals surface area contributed by atoms with Gasteiger partial charge in [0.1, 0.15) is 0 Å². The van der Waals surface area contributed by atoms with E-state index in [9.17, 15) is 8.42 Å². The van der Waals surface area contributed by atoms with Gasteiger partial charge in [0.05, 0.1) is 23.4 Å². The Kier molecular flexibility index (Phi) is 6.21. The molecule has 5 heteroatoms. The van der Waals surface area contributed by atoms with Crippen molar-refractivity contribution in [2.24, 2.45) is 5.73 Å². The highest BCUT2D eigenvalue weighted by atomic mass is 32.2. The molecule has 118 valence electrons. The van der Waals surface area contributed by atoms with E-state index >= 15 is 0 Å². The van der Waals surface area contributed by atoms with Crippen molar-refractivity contribution in [1.29, 1.82) is 0 Å². The maximum atomic E-state index is 12.2. The summed E-state index contributed by atoms with van der Waals surface area (Å²) in [6.07, 6.45) is 7.28. The smallest absolute Gasteiger partial charge is 0.180 e. The van der Waals surface area contributed by atoms with Crippen molar-refractivity contribution in [3.63, 3.8) is 0 Å². The number of hydrogen-bond acceptors (Lipinski definition) is 4. The van der Waals surface area contributed by atoms with Crippen LogP contribution >= 0.6 is 0 Å². The van der Waals surface area contributed by atoms with Gasteiger partial charge in [0.15, 0.2) is 9.84 Å². The standard InChI is InChI=1S/C16H25NO3S/c17-13-14-7-9-16(10-8-14)21(18,19)12-11-20-15-5-3-1-2-4-6-15/h7-10,15H,1-6,11-13,17H2. The monoisotopic (exact) mass is 311 g/mol. The summed E-state index contributed by atoms with van der Waals surface area (Å²) in [5.74, 6) is 0.0471. The molecule has 0 aliphatic heterocycles. The highest BCUT2D eigenvalue weighted by molar-refractivity contribution is 7.91. The Morgan fingerprint density at radius 3 is 2.24 bits per heavy atom. The summed E-state index contributed by atoms with van der Waals surface area (Å²) in [5.41, 5.74) is 6.45. The highest BCUT2D eigenvalue weighted by Gasteiger charge is 2.17. The molecule has 0 aromatic heterocycles. The number of nitrogens with two attached hydrogens (primary N) is 1. The number of rotatable bonds is 6. The summed E-state index contributed by atoms with van der Waals surface area (Å²) in [5, 5.41) is 0. The molecular formula is C16H25NO3S. The predicted molar refractivity (Wildman–Crippen MR) is 83.8 cm³/mol. The van der Waals surface area contributed by atoms with Crippen LogP contribution in [0.5, 0.6) is 0 Å². The van der Waals surface area contributed by atoms with Gasteiger partial charge < -0.3 is 10.5 Å². The minimum Gasteiger partial charge on any atom is -0.377 e. The normalized spacial score (nSPS) is 17.6. The Morgan fingerprint density at radius 2 is 1.67 bits per heavy atom. The fourth-order valence-corrected chi connectivity index (χ4v) is 3.79. The van der Waals surface area contributed by atoms with E-state index in [1.807, 2.05) is 0 Å². The molecule has 1 saturated carbocycles.